The molecule has 2 amide bonds. The number of aromatic nitrogens is 2. The number of aryl methyl sites for hydroxylation is 1. The van der Waals surface area contributed by atoms with Gasteiger partial charge in [-0.3, -0.25) is 0 Å². The third-order valence-electron chi connectivity index (χ3n) is 4.25. The summed E-state index contributed by atoms with van der Waals surface area (Å²) >= 11 is 0. The molecule has 1 aliphatic rings. The minimum atomic E-state index is 0.0355. The summed E-state index contributed by atoms with van der Waals surface area (Å²) in [5.41, 5.74) is 2.10. The average Bonchev–Trinajstić information content (AvgIpc) is 3.04. The normalized spacial score (nSPS) is 18.0. The van der Waals surface area contributed by atoms with Crippen molar-refractivity contribution in [3.8, 4) is 11.4 Å². The van der Waals surface area contributed by atoms with Crippen LogP contribution < -0.4 is 0 Å². The van der Waals surface area contributed by atoms with E-state index in [0.717, 1.165) is 30.5 Å². The molecule has 0 aliphatic carbocycles. The summed E-state index contributed by atoms with van der Waals surface area (Å²) in [5, 5.41) is 4.13. The molecule has 23 heavy (non-hydrogen) atoms. The molecule has 6 nitrogen and oxygen atoms in total. The largest absolute Gasteiger partial charge is 0.339 e. The number of hydrogen-bond donors (Lipinski definition) is 0. The predicted molar refractivity (Wildman–Crippen MR) is 87.1 cm³/mol. The summed E-state index contributed by atoms with van der Waals surface area (Å²) in [6.07, 6.45) is 1.92. The summed E-state index contributed by atoms with van der Waals surface area (Å²) in [6, 6.07) is 8.02. The highest BCUT2D eigenvalue weighted by Gasteiger charge is 2.29. The molecule has 1 saturated heterocycles. The third-order valence-corrected chi connectivity index (χ3v) is 4.25. The Labute approximate surface area is 136 Å². The van der Waals surface area contributed by atoms with E-state index in [9.17, 15) is 4.79 Å². The number of rotatable bonds is 2. The van der Waals surface area contributed by atoms with Crippen LogP contribution in [-0.4, -0.2) is 53.2 Å². The summed E-state index contributed by atoms with van der Waals surface area (Å²) in [5.74, 6) is 1.35. The van der Waals surface area contributed by atoms with Crippen molar-refractivity contribution in [2.45, 2.75) is 25.7 Å². The fraction of sp³-hybridized carbons (Fsp3) is 0.471. The maximum atomic E-state index is 12.1. The molecule has 1 aliphatic heterocycles. The Morgan fingerprint density at radius 2 is 2.13 bits per heavy atom. The zero-order valence-electron chi connectivity index (χ0n) is 13.8. The van der Waals surface area contributed by atoms with E-state index in [1.54, 1.807) is 19.0 Å². The van der Waals surface area contributed by atoms with Crippen LogP contribution in [0.2, 0.25) is 0 Å². The van der Waals surface area contributed by atoms with E-state index in [1.165, 1.54) is 0 Å². The lowest BCUT2D eigenvalue weighted by atomic mass is 9.98. The van der Waals surface area contributed by atoms with E-state index in [4.69, 9.17) is 4.52 Å². The maximum Gasteiger partial charge on any atom is 0.319 e. The first-order valence-electron chi connectivity index (χ1n) is 7.92. The van der Waals surface area contributed by atoms with Crippen LogP contribution >= 0.6 is 0 Å². The quantitative estimate of drug-likeness (QED) is 0.855. The van der Waals surface area contributed by atoms with Crippen LogP contribution in [-0.2, 0) is 0 Å². The molecule has 0 bridgehead atoms. The number of hydrogen-bond acceptors (Lipinski definition) is 4. The van der Waals surface area contributed by atoms with Crippen LogP contribution in [0, 0.1) is 6.92 Å². The minimum Gasteiger partial charge on any atom is -0.339 e. The van der Waals surface area contributed by atoms with Crippen LogP contribution in [0.15, 0.2) is 28.8 Å². The number of nitrogens with zero attached hydrogens (tertiary/aromatic N) is 4. The van der Waals surface area contributed by atoms with Crippen LogP contribution in [0.1, 0.15) is 30.2 Å². The van der Waals surface area contributed by atoms with Gasteiger partial charge in [-0.15, -0.1) is 0 Å². The van der Waals surface area contributed by atoms with Crippen molar-refractivity contribution in [3.63, 3.8) is 0 Å². The zero-order chi connectivity index (χ0) is 16.4. The molecule has 0 spiro atoms. The monoisotopic (exact) mass is 314 g/mol. The van der Waals surface area contributed by atoms with Gasteiger partial charge in [0, 0.05) is 32.7 Å². The van der Waals surface area contributed by atoms with E-state index < -0.39 is 0 Å². The fourth-order valence-electron chi connectivity index (χ4n) is 2.97. The Morgan fingerprint density at radius 1 is 1.35 bits per heavy atom. The second-order valence-corrected chi connectivity index (χ2v) is 6.23. The van der Waals surface area contributed by atoms with E-state index >= 15 is 0 Å². The summed E-state index contributed by atoms with van der Waals surface area (Å²) < 4.78 is 5.49. The second kappa shape index (κ2) is 6.40. The molecule has 2 heterocycles. The van der Waals surface area contributed by atoms with Crippen LogP contribution in [0.3, 0.4) is 0 Å². The van der Waals surface area contributed by atoms with Gasteiger partial charge in [-0.05, 0) is 25.3 Å². The van der Waals surface area contributed by atoms with Crippen molar-refractivity contribution in [3.05, 3.63) is 35.7 Å². The molecule has 0 saturated carbocycles. The van der Waals surface area contributed by atoms with E-state index in [1.807, 2.05) is 36.1 Å². The average molecular weight is 314 g/mol. The van der Waals surface area contributed by atoms with Crippen LogP contribution in [0.25, 0.3) is 11.4 Å². The summed E-state index contributed by atoms with van der Waals surface area (Å²) in [4.78, 5) is 20.2. The first-order chi connectivity index (χ1) is 11.1. The first-order valence-corrected chi connectivity index (χ1v) is 7.92. The maximum absolute atomic E-state index is 12.1. The van der Waals surface area contributed by atoms with Gasteiger partial charge in [0.05, 0.1) is 5.92 Å². The highest BCUT2D eigenvalue weighted by molar-refractivity contribution is 5.74. The van der Waals surface area contributed by atoms with Gasteiger partial charge in [0.1, 0.15) is 0 Å². The number of carbonyl (C=O) groups excluding carboxylic acids is 1. The minimum absolute atomic E-state index is 0.0355. The molecule has 0 radical (unpaired) electrons. The third kappa shape index (κ3) is 3.21. The second-order valence-electron chi connectivity index (χ2n) is 6.23. The molecule has 0 N–H and O–H groups in total. The Hall–Kier alpha value is -2.37. The van der Waals surface area contributed by atoms with Crippen molar-refractivity contribution in [2.24, 2.45) is 0 Å². The molecule has 122 valence electrons. The van der Waals surface area contributed by atoms with E-state index in [0.29, 0.717) is 18.3 Å². The number of benzene rings is 1. The SMILES string of the molecule is Cc1ccccc1-c1noc([C@@H]2CCCN(C(=O)N(C)C)C2)n1. The number of amides is 2. The van der Waals surface area contributed by atoms with Crippen molar-refractivity contribution < 1.29 is 9.32 Å². The number of piperidine rings is 1. The number of likely N-dealkylation sites (tertiary alicyclic amines) is 1. The lowest BCUT2D eigenvalue weighted by Gasteiger charge is -2.32. The highest BCUT2D eigenvalue weighted by Crippen LogP contribution is 2.28. The lowest BCUT2D eigenvalue weighted by molar-refractivity contribution is 0.149. The molecular formula is C17H22N4O2. The van der Waals surface area contributed by atoms with E-state index in [2.05, 4.69) is 10.1 Å². The number of carbonyl (C=O) groups is 1. The van der Waals surface area contributed by atoms with Gasteiger partial charge in [-0.25, -0.2) is 4.79 Å². The first kappa shape index (κ1) is 15.5. The van der Waals surface area contributed by atoms with Gasteiger partial charge in [0.25, 0.3) is 0 Å². The topological polar surface area (TPSA) is 62.5 Å². The fourth-order valence-corrected chi connectivity index (χ4v) is 2.97. The Bertz CT molecular complexity index is 695. The van der Waals surface area contributed by atoms with Gasteiger partial charge >= 0.3 is 6.03 Å². The molecular weight excluding hydrogens is 292 g/mol. The molecule has 1 fully saturated rings. The molecule has 0 unspecified atom stereocenters. The van der Waals surface area contributed by atoms with Gasteiger partial charge in [0.15, 0.2) is 0 Å². The van der Waals surface area contributed by atoms with Crippen molar-refractivity contribution in [2.75, 3.05) is 27.2 Å². The Kier molecular flexibility index (Phi) is 4.32. The summed E-state index contributed by atoms with van der Waals surface area (Å²) in [6.45, 7) is 3.45. The number of urea groups is 1. The van der Waals surface area contributed by atoms with Crippen LogP contribution in [0.5, 0.6) is 0 Å². The summed E-state index contributed by atoms with van der Waals surface area (Å²) in [7, 11) is 3.55. The van der Waals surface area contributed by atoms with Gasteiger partial charge in [-0.2, -0.15) is 4.98 Å². The molecule has 3 rings (SSSR count). The van der Waals surface area contributed by atoms with Crippen molar-refractivity contribution in [1.29, 1.82) is 0 Å². The van der Waals surface area contributed by atoms with Gasteiger partial charge in [0.2, 0.25) is 11.7 Å². The van der Waals surface area contributed by atoms with Crippen molar-refractivity contribution in [1.82, 2.24) is 19.9 Å². The van der Waals surface area contributed by atoms with E-state index in [-0.39, 0.29) is 11.9 Å². The molecule has 1 aromatic heterocycles. The standard InChI is InChI=1S/C17H22N4O2/c1-12-7-4-5-9-14(12)15-18-16(23-19-15)13-8-6-10-21(11-13)17(22)20(2)3/h4-5,7,9,13H,6,8,10-11H2,1-3H3/t13-/m1/s1. The predicted octanol–water partition coefficient (Wildman–Crippen LogP) is 2.91. The smallest absolute Gasteiger partial charge is 0.319 e. The highest BCUT2D eigenvalue weighted by atomic mass is 16.5. The molecule has 6 heteroatoms. The van der Waals surface area contributed by atoms with Crippen molar-refractivity contribution >= 4 is 6.03 Å². The zero-order valence-corrected chi connectivity index (χ0v) is 13.8. The molecule has 2 aromatic rings. The van der Waals surface area contributed by atoms with Crippen LogP contribution in [0.4, 0.5) is 4.79 Å². The molecule has 1 atom stereocenters. The van der Waals surface area contributed by atoms with Gasteiger partial charge < -0.3 is 14.3 Å². The molecule has 1 aromatic carbocycles. The van der Waals surface area contributed by atoms with Gasteiger partial charge in [-0.1, -0.05) is 29.4 Å². The lowest BCUT2D eigenvalue weighted by Crippen LogP contribution is -2.44. The Balaban J connectivity index is 1.78. The Morgan fingerprint density at radius 3 is 2.87 bits per heavy atom.